The minimum atomic E-state index is -4.82. The van der Waals surface area contributed by atoms with Gasteiger partial charge < -0.3 is 20.0 Å². The number of carboxylic acids is 1. The van der Waals surface area contributed by atoms with E-state index in [1.807, 2.05) is 0 Å². The Hall–Kier alpha value is -2.36. The summed E-state index contributed by atoms with van der Waals surface area (Å²) in [4.78, 5) is 20.0. The van der Waals surface area contributed by atoms with Gasteiger partial charge in [-0.05, 0) is 37.8 Å². The first-order chi connectivity index (χ1) is 11.7. The normalized spacial score (nSPS) is 20.9. The molecule has 0 spiro atoms. The van der Waals surface area contributed by atoms with Gasteiger partial charge in [-0.25, -0.2) is 0 Å². The second-order valence-corrected chi connectivity index (χ2v) is 5.79. The Morgan fingerprint density at radius 2 is 1.92 bits per heavy atom. The van der Waals surface area contributed by atoms with Crippen molar-refractivity contribution in [3.63, 3.8) is 0 Å². The Morgan fingerprint density at radius 3 is 2.44 bits per heavy atom. The topological polar surface area (TPSA) is 105 Å². The van der Waals surface area contributed by atoms with Gasteiger partial charge in [0.2, 0.25) is 0 Å². The van der Waals surface area contributed by atoms with Crippen molar-refractivity contribution in [2.75, 3.05) is 11.9 Å². The number of nitro groups is 1. The molecule has 1 fully saturated rings. The summed E-state index contributed by atoms with van der Waals surface area (Å²) in [5, 5.41) is 24.0. The second-order valence-electron chi connectivity index (χ2n) is 5.79. The van der Waals surface area contributed by atoms with Crippen LogP contribution in [0.15, 0.2) is 18.2 Å². The van der Waals surface area contributed by atoms with Crippen LogP contribution in [0.2, 0.25) is 0 Å². The summed E-state index contributed by atoms with van der Waals surface area (Å²) in [5.74, 6) is -1.30. The van der Waals surface area contributed by atoms with Gasteiger partial charge in [-0.3, -0.25) is 10.1 Å². The standard InChI is InChI=1S/C15H17F3N2O5/c16-15(17,18)12-7-10(3-6-13(12)20(23)24)19-9-1-4-11(5-2-9)25-8-14(21)22/h3,6-7,9,11,19H,1-2,4-5,8H2,(H,21,22)/p-1. The van der Waals surface area contributed by atoms with Gasteiger partial charge in [-0.15, -0.1) is 0 Å². The molecule has 7 nitrogen and oxygen atoms in total. The summed E-state index contributed by atoms with van der Waals surface area (Å²) in [6, 6.07) is 2.69. The molecule has 1 aromatic carbocycles. The van der Waals surface area contributed by atoms with Crippen molar-refractivity contribution in [1.82, 2.24) is 0 Å². The van der Waals surface area contributed by atoms with Crippen molar-refractivity contribution >= 4 is 17.3 Å². The number of carboxylic acid groups (broad SMARTS) is 1. The number of ether oxygens (including phenoxy) is 1. The molecule has 0 amide bonds. The van der Waals surface area contributed by atoms with Crippen molar-refractivity contribution < 1.29 is 32.7 Å². The average molecular weight is 361 g/mol. The van der Waals surface area contributed by atoms with E-state index in [2.05, 4.69) is 5.32 Å². The minimum absolute atomic E-state index is 0.120. The molecule has 1 aromatic rings. The maximum absolute atomic E-state index is 13.0. The fourth-order valence-corrected chi connectivity index (χ4v) is 2.81. The van der Waals surface area contributed by atoms with E-state index >= 15 is 0 Å². The number of halogens is 3. The summed E-state index contributed by atoms with van der Waals surface area (Å²) < 4.78 is 44.0. The highest BCUT2D eigenvalue weighted by molar-refractivity contribution is 5.65. The van der Waals surface area contributed by atoms with E-state index in [-0.39, 0.29) is 17.8 Å². The molecular weight excluding hydrogens is 345 g/mol. The number of hydrogen-bond donors (Lipinski definition) is 1. The number of nitro benzene ring substituents is 1. The van der Waals surface area contributed by atoms with Gasteiger partial charge in [0.1, 0.15) is 5.56 Å². The number of hydrogen-bond acceptors (Lipinski definition) is 6. The first-order valence-electron chi connectivity index (χ1n) is 7.60. The van der Waals surface area contributed by atoms with Crippen LogP contribution < -0.4 is 10.4 Å². The first kappa shape index (κ1) is 19.0. The lowest BCUT2D eigenvalue weighted by Gasteiger charge is -2.30. The number of benzene rings is 1. The molecule has 2 rings (SSSR count). The lowest BCUT2D eigenvalue weighted by atomic mass is 9.92. The third-order valence-corrected chi connectivity index (χ3v) is 3.98. The van der Waals surface area contributed by atoms with Crippen molar-refractivity contribution in [3.8, 4) is 0 Å². The Balaban J connectivity index is 2.00. The molecule has 0 atom stereocenters. The average Bonchev–Trinajstić information content (AvgIpc) is 2.53. The van der Waals surface area contributed by atoms with Crippen molar-refractivity contribution in [1.29, 1.82) is 0 Å². The molecule has 0 aliphatic heterocycles. The number of anilines is 1. The third-order valence-electron chi connectivity index (χ3n) is 3.98. The number of aliphatic carboxylic acids is 1. The smallest absolute Gasteiger partial charge is 0.423 e. The molecule has 0 radical (unpaired) electrons. The van der Waals surface area contributed by atoms with Crippen LogP contribution in [0.25, 0.3) is 0 Å². The zero-order valence-electron chi connectivity index (χ0n) is 13.0. The molecule has 0 heterocycles. The second kappa shape index (κ2) is 7.68. The summed E-state index contributed by atoms with van der Waals surface area (Å²) in [7, 11) is 0. The van der Waals surface area contributed by atoms with E-state index in [0.717, 1.165) is 12.1 Å². The minimum Gasteiger partial charge on any atom is -0.548 e. The zero-order chi connectivity index (χ0) is 18.6. The largest absolute Gasteiger partial charge is 0.548 e. The number of carbonyl (C=O) groups excluding carboxylic acids is 1. The maximum Gasteiger partial charge on any atom is 0.423 e. The molecule has 0 aromatic heterocycles. The Morgan fingerprint density at radius 1 is 1.28 bits per heavy atom. The van der Waals surface area contributed by atoms with Crippen molar-refractivity contribution in [3.05, 3.63) is 33.9 Å². The third kappa shape index (κ3) is 5.31. The fourth-order valence-electron chi connectivity index (χ4n) is 2.81. The Kier molecular flexibility index (Phi) is 5.83. The van der Waals surface area contributed by atoms with Crippen LogP contribution in [0.4, 0.5) is 24.5 Å². The molecule has 1 aliphatic rings. The molecule has 0 unspecified atom stereocenters. The lowest BCUT2D eigenvalue weighted by molar-refractivity contribution is -0.388. The van der Waals surface area contributed by atoms with Crippen LogP contribution in [0.5, 0.6) is 0 Å². The highest BCUT2D eigenvalue weighted by Crippen LogP contribution is 2.38. The molecule has 0 bridgehead atoms. The van der Waals surface area contributed by atoms with Crippen molar-refractivity contribution in [2.24, 2.45) is 0 Å². The molecule has 1 aliphatic carbocycles. The number of nitrogens with zero attached hydrogens (tertiary/aromatic N) is 1. The van der Waals surface area contributed by atoms with Crippen LogP contribution in [-0.2, 0) is 15.7 Å². The SMILES string of the molecule is O=C([O-])COC1CCC(Nc2ccc([N+](=O)[O-])c(C(F)(F)F)c2)CC1. The van der Waals surface area contributed by atoms with Crippen LogP contribution >= 0.6 is 0 Å². The van der Waals surface area contributed by atoms with E-state index in [1.165, 1.54) is 6.07 Å². The van der Waals surface area contributed by atoms with E-state index < -0.39 is 34.9 Å². The number of rotatable bonds is 6. The zero-order valence-corrected chi connectivity index (χ0v) is 13.0. The van der Waals surface area contributed by atoms with E-state index in [1.54, 1.807) is 0 Å². The number of nitrogens with one attached hydrogen (secondary N) is 1. The summed E-state index contributed by atoms with van der Waals surface area (Å²) in [6.45, 7) is -0.486. The summed E-state index contributed by atoms with van der Waals surface area (Å²) >= 11 is 0. The monoisotopic (exact) mass is 361 g/mol. The predicted octanol–water partition coefficient (Wildman–Crippen LogP) is 2.10. The van der Waals surface area contributed by atoms with E-state index in [9.17, 15) is 33.2 Å². The van der Waals surface area contributed by atoms with E-state index in [4.69, 9.17) is 4.74 Å². The van der Waals surface area contributed by atoms with E-state index in [0.29, 0.717) is 25.7 Å². The van der Waals surface area contributed by atoms with Crippen LogP contribution in [0.3, 0.4) is 0 Å². The number of carbonyl (C=O) groups is 1. The molecule has 0 saturated heterocycles. The van der Waals surface area contributed by atoms with Gasteiger partial charge in [-0.1, -0.05) is 0 Å². The highest BCUT2D eigenvalue weighted by atomic mass is 19.4. The van der Waals surface area contributed by atoms with Gasteiger partial charge in [0.25, 0.3) is 5.69 Å². The van der Waals surface area contributed by atoms with Crippen LogP contribution in [-0.4, -0.2) is 29.6 Å². The van der Waals surface area contributed by atoms with Gasteiger partial charge in [0, 0.05) is 17.8 Å². The molecule has 25 heavy (non-hydrogen) atoms. The predicted molar refractivity (Wildman–Crippen MR) is 78.7 cm³/mol. The molecular formula is C15H16F3N2O5-. The molecule has 10 heteroatoms. The summed E-state index contributed by atoms with van der Waals surface area (Å²) in [6.07, 6.45) is -2.77. The lowest BCUT2D eigenvalue weighted by Crippen LogP contribution is -2.34. The molecule has 1 saturated carbocycles. The van der Waals surface area contributed by atoms with Gasteiger partial charge in [0.05, 0.1) is 23.6 Å². The maximum atomic E-state index is 13.0. The molecule has 1 N–H and O–H groups in total. The Labute approximate surface area is 140 Å². The van der Waals surface area contributed by atoms with Gasteiger partial charge >= 0.3 is 6.18 Å². The van der Waals surface area contributed by atoms with Crippen LogP contribution in [0.1, 0.15) is 31.2 Å². The Bertz CT molecular complexity index is 643. The highest BCUT2D eigenvalue weighted by Gasteiger charge is 2.38. The van der Waals surface area contributed by atoms with Crippen LogP contribution in [0, 0.1) is 10.1 Å². The fraction of sp³-hybridized carbons (Fsp3) is 0.533. The quantitative estimate of drug-likeness (QED) is 0.615. The summed E-state index contributed by atoms with van der Waals surface area (Å²) in [5.41, 5.74) is -2.14. The number of alkyl halides is 3. The van der Waals surface area contributed by atoms with Gasteiger partial charge in [0.15, 0.2) is 0 Å². The molecule has 138 valence electrons. The van der Waals surface area contributed by atoms with Gasteiger partial charge in [-0.2, -0.15) is 13.2 Å². The van der Waals surface area contributed by atoms with Crippen molar-refractivity contribution in [2.45, 2.75) is 44.0 Å². The first-order valence-corrected chi connectivity index (χ1v) is 7.60.